The molecule has 1 aromatic heterocycles. The second-order valence-electron chi connectivity index (χ2n) is 4.92. The van der Waals surface area contributed by atoms with E-state index in [1.165, 1.54) is 5.56 Å². The lowest BCUT2D eigenvalue weighted by molar-refractivity contribution is 0.414. The van der Waals surface area contributed by atoms with Crippen LogP contribution in [-0.4, -0.2) is 18.1 Å². The summed E-state index contributed by atoms with van der Waals surface area (Å²) in [6.07, 6.45) is 6.07. The molecule has 0 aliphatic rings. The van der Waals surface area contributed by atoms with Gasteiger partial charge in [0.25, 0.3) is 0 Å². The summed E-state index contributed by atoms with van der Waals surface area (Å²) in [6.45, 7) is 0. The van der Waals surface area contributed by atoms with Crippen molar-refractivity contribution in [2.45, 2.75) is 25.3 Å². The number of hydrogen-bond acceptors (Lipinski definition) is 4. The number of halogens is 1. The molecule has 1 aromatic carbocycles. The lowest BCUT2D eigenvalue weighted by atomic mass is 10.00. The van der Waals surface area contributed by atoms with E-state index >= 15 is 0 Å². The van der Waals surface area contributed by atoms with Crippen LogP contribution in [0.25, 0.3) is 0 Å². The molecule has 4 nitrogen and oxygen atoms in total. The van der Waals surface area contributed by atoms with Gasteiger partial charge in [-0.05, 0) is 48.6 Å². The number of hydrazine groups is 1. The summed E-state index contributed by atoms with van der Waals surface area (Å²) in [5.74, 6) is 6.52. The van der Waals surface area contributed by atoms with Crippen LogP contribution in [0.1, 0.15) is 17.5 Å². The molecule has 0 radical (unpaired) electrons. The molecule has 2 aromatic rings. The van der Waals surface area contributed by atoms with Crippen LogP contribution in [0.4, 0.5) is 0 Å². The first kappa shape index (κ1) is 15.8. The predicted octanol–water partition coefficient (Wildman–Crippen LogP) is 2.75. The van der Waals surface area contributed by atoms with Gasteiger partial charge in [0.2, 0.25) is 0 Å². The summed E-state index contributed by atoms with van der Waals surface area (Å²) in [4.78, 5) is 3.99. The van der Waals surface area contributed by atoms with E-state index in [-0.39, 0.29) is 6.04 Å². The largest absolute Gasteiger partial charge is 0.497 e. The van der Waals surface area contributed by atoms with Crippen LogP contribution in [0, 0.1) is 0 Å². The number of methoxy groups -OCH3 is 1. The highest BCUT2D eigenvalue weighted by Crippen LogP contribution is 2.18. The Kier molecular flexibility index (Phi) is 5.99. The molecule has 1 atom stereocenters. The highest BCUT2D eigenvalue weighted by atomic mass is 35.5. The van der Waals surface area contributed by atoms with Gasteiger partial charge < -0.3 is 4.74 Å². The zero-order valence-corrected chi connectivity index (χ0v) is 12.8. The monoisotopic (exact) mass is 305 g/mol. The lowest BCUT2D eigenvalue weighted by Gasteiger charge is -2.16. The van der Waals surface area contributed by atoms with Crippen molar-refractivity contribution in [2.75, 3.05) is 7.11 Å². The highest BCUT2D eigenvalue weighted by molar-refractivity contribution is 6.31. The molecule has 3 N–H and O–H groups in total. The van der Waals surface area contributed by atoms with Gasteiger partial charge in [-0.1, -0.05) is 23.7 Å². The average molecular weight is 306 g/mol. The number of aryl methyl sites for hydroxylation is 1. The smallest absolute Gasteiger partial charge is 0.118 e. The number of nitrogens with one attached hydrogen (secondary N) is 1. The first-order valence-corrected chi connectivity index (χ1v) is 7.28. The van der Waals surface area contributed by atoms with E-state index in [0.717, 1.165) is 30.6 Å². The van der Waals surface area contributed by atoms with Gasteiger partial charge in [0.1, 0.15) is 5.75 Å². The molecule has 5 heteroatoms. The fourth-order valence-corrected chi connectivity index (χ4v) is 2.41. The molecule has 2 rings (SSSR count). The molecule has 0 saturated heterocycles. The molecule has 0 amide bonds. The number of nitrogens with two attached hydrogens (primary N) is 1. The first-order valence-electron chi connectivity index (χ1n) is 6.90. The second-order valence-corrected chi connectivity index (χ2v) is 5.33. The Morgan fingerprint density at radius 2 is 2.05 bits per heavy atom. The van der Waals surface area contributed by atoms with Gasteiger partial charge >= 0.3 is 0 Å². The number of pyridine rings is 1. The Balaban J connectivity index is 1.91. The molecule has 112 valence electrons. The molecule has 1 heterocycles. The van der Waals surface area contributed by atoms with Crippen LogP contribution in [0.5, 0.6) is 5.75 Å². The second kappa shape index (κ2) is 7.98. The third-order valence-electron chi connectivity index (χ3n) is 3.50. The van der Waals surface area contributed by atoms with Gasteiger partial charge in [-0.15, -0.1) is 0 Å². The van der Waals surface area contributed by atoms with Gasteiger partial charge in [0.05, 0.1) is 12.1 Å². The van der Waals surface area contributed by atoms with Gasteiger partial charge in [0.15, 0.2) is 0 Å². The zero-order chi connectivity index (χ0) is 15.1. The molecule has 0 aliphatic heterocycles. The topological polar surface area (TPSA) is 60.2 Å². The molecule has 0 bridgehead atoms. The third kappa shape index (κ3) is 4.70. The quantitative estimate of drug-likeness (QED) is 0.610. The molecule has 0 spiro atoms. The Bertz CT molecular complexity index is 560. The molecular weight excluding hydrogens is 286 g/mol. The molecule has 21 heavy (non-hydrogen) atoms. The van der Waals surface area contributed by atoms with Gasteiger partial charge in [0, 0.05) is 18.4 Å². The van der Waals surface area contributed by atoms with Crippen LogP contribution in [0.15, 0.2) is 42.7 Å². The Morgan fingerprint density at radius 1 is 1.29 bits per heavy atom. The molecule has 0 fully saturated rings. The van der Waals surface area contributed by atoms with Crippen molar-refractivity contribution < 1.29 is 4.74 Å². The standard InChI is InChI=1S/C16H20ClN3O/c1-21-15-6-3-12(4-7-15)2-5-14(20-18)10-13-8-9-19-11-16(13)17/h3-4,6-9,11,14,20H,2,5,10,18H2,1H3. The average Bonchev–Trinajstić information content (AvgIpc) is 2.53. The summed E-state index contributed by atoms with van der Waals surface area (Å²) < 4.78 is 5.16. The summed E-state index contributed by atoms with van der Waals surface area (Å²) in [6, 6.07) is 10.2. The van der Waals surface area contributed by atoms with Crippen molar-refractivity contribution in [3.05, 3.63) is 58.9 Å². The van der Waals surface area contributed by atoms with Crippen molar-refractivity contribution in [3.8, 4) is 5.75 Å². The SMILES string of the molecule is COc1ccc(CCC(Cc2ccncc2Cl)NN)cc1. The summed E-state index contributed by atoms with van der Waals surface area (Å²) >= 11 is 6.13. The van der Waals surface area contributed by atoms with E-state index in [4.69, 9.17) is 22.2 Å². The zero-order valence-electron chi connectivity index (χ0n) is 12.1. The number of rotatable bonds is 7. The normalized spacial score (nSPS) is 12.1. The first-order chi connectivity index (χ1) is 10.2. The summed E-state index contributed by atoms with van der Waals surface area (Å²) in [7, 11) is 1.67. The molecule has 0 saturated carbocycles. The van der Waals surface area contributed by atoms with E-state index in [2.05, 4.69) is 22.5 Å². The van der Waals surface area contributed by atoms with E-state index in [9.17, 15) is 0 Å². The number of nitrogens with zero attached hydrogens (tertiary/aromatic N) is 1. The minimum absolute atomic E-state index is 0.173. The number of aromatic nitrogens is 1. The maximum absolute atomic E-state index is 6.13. The van der Waals surface area contributed by atoms with E-state index in [0.29, 0.717) is 5.02 Å². The van der Waals surface area contributed by atoms with Crippen molar-refractivity contribution in [1.82, 2.24) is 10.4 Å². The van der Waals surface area contributed by atoms with Crippen LogP contribution < -0.4 is 16.0 Å². The van der Waals surface area contributed by atoms with Crippen LogP contribution >= 0.6 is 11.6 Å². The summed E-state index contributed by atoms with van der Waals surface area (Å²) in [5.41, 5.74) is 5.19. The van der Waals surface area contributed by atoms with E-state index < -0.39 is 0 Å². The van der Waals surface area contributed by atoms with Crippen molar-refractivity contribution in [3.63, 3.8) is 0 Å². The number of hydrogen-bond donors (Lipinski definition) is 2. The lowest BCUT2D eigenvalue weighted by Crippen LogP contribution is -2.37. The predicted molar refractivity (Wildman–Crippen MR) is 85.4 cm³/mol. The number of ether oxygens (including phenoxy) is 1. The maximum atomic E-state index is 6.13. The molecule has 0 aliphatic carbocycles. The van der Waals surface area contributed by atoms with Crippen LogP contribution in [0.2, 0.25) is 5.02 Å². The maximum Gasteiger partial charge on any atom is 0.118 e. The minimum Gasteiger partial charge on any atom is -0.497 e. The third-order valence-corrected chi connectivity index (χ3v) is 3.84. The molecule has 1 unspecified atom stereocenters. The summed E-state index contributed by atoms with van der Waals surface area (Å²) in [5, 5.41) is 0.683. The van der Waals surface area contributed by atoms with E-state index in [1.54, 1.807) is 19.5 Å². The van der Waals surface area contributed by atoms with Crippen molar-refractivity contribution in [1.29, 1.82) is 0 Å². The van der Waals surface area contributed by atoms with Crippen molar-refractivity contribution in [2.24, 2.45) is 5.84 Å². The fraction of sp³-hybridized carbons (Fsp3) is 0.312. The Morgan fingerprint density at radius 3 is 2.67 bits per heavy atom. The van der Waals surface area contributed by atoms with Crippen LogP contribution in [-0.2, 0) is 12.8 Å². The van der Waals surface area contributed by atoms with Gasteiger partial charge in [-0.2, -0.15) is 0 Å². The van der Waals surface area contributed by atoms with Crippen LogP contribution in [0.3, 0.4) is 0 Å². The fourth-order valence-electron chi connectivity index (χ4n) is 2.21. The van der Waals surface area contributed by atoms with Gasteiger partial charge in [-0.3, -0.25) is 16.3 Å². The number of benzene rings is 1. The van der Waals surface area contributed by atoms with Gasteiger partial charge in [-0.25, -0.2) is 0 Å². The van der Waals surface area contributed by atoms with Crippen molar-refractivity contribution >= 4 is 11.6 Å². The molecular formula is C16H20ClN3O. The Hall–Kier alpha value is -1.62. The van der Waals surface area contributed by atoms with E-state index in [1.807, 2.05) is 18.2 Å². The highest BCUT2D eigenvalue weighted by Gasteiger charge is 2.10. The minimum atomic E-state index is 0.173. The Labute approximate surface area is 130 Å².